The van der Waals surface area contributed by atoms with Gasteiger partial charge in [0.05, 0.1) is 12.1 Å². The highest BCUT2D eigenvalue weighted by Gasteiger charge is 2.34. The van der Waals surface area contributed by atoms with Gasteiger partial charge in [0.2, 0.25) is 5.95 Å². The number of halogens is 3. The highest BCUT2D eigenvalue weighted by molar-refractivity contribution is 5.69. The lowest BCUT2D eigenvalue weighted by Crippen LogP contribution is -2.55. The number of anilines is 1. The average Bonchev–Trinajstić information content (AvgIpc) is 2.77. The highest BCUT2D eigenvalue weighted by Crippen LogP contribution is 2.31. The van der Waals surface area contributed by atoms with E-state index >= 15 is 0 Å². The molecule has 1 saturated heterocycles. The molecule has 6 nitrogen and oxygen atoms in total. The Labute approximate surface area is 178 Å². The number of aromatic nitrogens is 2. The molecule has 1 atom stereocenters. The van der Waals surface area contributed by atoms with Crippen molar-refractivity contribution in [3.8, 4) is 11.8 Å². The summed E-state index contributed by atoms with van der Waals surface area (Å²) in [6.07, 6.45) is -2.82. The third kappa shape index (κ3) is 5.54. The normalized spacial score (nSPS) is 16.3. The van der Waals surface area contributed by atoms with Crippen LogP contribution in [-0.2, 0) is 11.3 Å². The van der Waals surface area contributed by atoms with E-state index in [1.54, 1.807) is 16.7 Å². The van der Waals surface area contributed by atoms with E-state index in [2.05, 4.69) is 28.4 Å². The molecule has 2 heterocycles. The molecule has 31 heavy (non-hydrogen) atoms. The predicted molar refractivity (Wildman–Crippen MR) is 110 cm³/mol. The molecule has 0 bridgehead atoms. The summed E-state index contributed by atoms with van der Waals surface area (Å²) in [5.41, 5.74) is -0.319. The van der Waals surface area contributed by atoms with Gasteiger partial charge in [-0.25, -0.2) is 14.8 Å². The maximum Gasteiger partial charge on any atom is 0.416 e. The van der Waals surface area contributed by atoms with Crippen LogP contribution in [0.1, 0.15) is 18.1 Å². The van der Waals surface area contributed by atoms with Gasteiger partial charge in [0, 0.05) is 31.0 Å². The lowest BCUT2D eigenvalue weighted by Gasteiger charge is -2.38. The number of amides is 1. The van der Waals surface area contributed by atoms with Crippen LogP contribution in [0.2, 0.25) is 0 Å². The Morgan fingerprint density at radius 1 is 1.23 bits per heavy atom. The zero-order valence-corrected chi connectivity index (χ0v) is 16.9. The molecule has 1 aliphatic rings. The lowest BCUT2D eigenvalue weighted by atomic mass is 10.1. The van der Waals surface area contributed by atoms with Crippen LogP contribution in [0.3, 0.4) is 0 Å². The van der Waals surface area contributed by atoms with Crippen molar-refractivity contribution in [1.82, 2.24) is 14.9 Å². The van der Waals surface area contributed by atoms with Crippen LogP contribution in [-0.4, -0.2) is 52.8 Å². The summed E-state index contributed by atoms with van der Waals surface area (Å²) in [5, 5.41) is 0. The molecular formula is C22H21F3N4O2. The standard InChI is InChI=1S/C22H21F3N4O2/c1-3-7-19-14-28(21(30)31-15-17-8-5-4-6-9-17)10-11-29(19)20-26-12-18(13-27-20)16(2)22(23,24)25/h4-6,8-9,12-13,19H,2,10-11,14-15H2,1H3. The molecule has 0 aliphatic carbocycles. The second kappa shape index (κ2) is 9.51. The SMILES string of the molecule is C=C(c1cnc(N2CCN(C(=O)OCc3ccccc3)CC2C#CC)nc1)C(F)(F)F. The number of piperazine rings is 1. The van der Waals surface area contributed by atoms with E-state index in [9.17, 15) is 18.0 Å². The molecule has 1 amide bonds. The summed E-state index contributed by atoms with van der Waals surface area (Å²) in [6, 6.07) is 8.93. The predicted octanol–water partition coefficient (Wildman–Crippen LogP) is 3.90. The Morgan fingerprint density at radius 3 is 2.52 bits per heavy atom. The largest absolute Gasteiger partial charge is 0.445 e. The van der Waals surface area contributed by atoms with E-state index in [4.69, 9.17) is 4.74 Å². The molecule has 0 N–H and O–H groups in total. The Hall–Kier alpha value is -3.54. The molecule has 3 rings (SSSR count). The molecule has 1 aliphatic heterocycles. The number of nitrogens with zero attached hydrogens (tertiary/aromatic N) is 4. The van der Waals surface area contributed by atoms with Gasteiger partial charge in [-0.2, -0.15) is 13.2 Å². The second-order valence-electron chi connectivity index (χ2n) is 6.84. The Bertz CT molecular complexity index is 982. The topological polar surface area (TPSA) is 58.6 Å². The molecule has 1 aromatic heterocycles. The number of allylic oxidation sites excluding steroid dienone is 1. The summed E-state index contributed by atoms with van der Waals surface area (Å²) in [6.45, 7) is 5.85. The molecule has 1 unspecified atom stereocenters. The monoisotopic (exact) mass is 430 g/mol. The minimum Gasteiger partial charge on any atom is -0.445 e. The summed E-state index contributed by atoms with van der Waals surface area (Å²) >= 11 is 0. The van der Waals surface area contributed by atoms with Crippen molar-refractivity contribution in [2.75, 3.05) is 24.5 Å². The zero-order valence-electron chi connectivity index (χ0n) is 16.9. The third-order valence-electron chi connectivity index (χ3n) is 4.74. The van der Waals surface area contributed by atoms with E-state index in [0.29, 0.717) is 13.1 Å². The fraction of sp³-hybridized carbons (Fsp3) is 0.318. The van der Waals surface area contributed by atoms with E-state index in [-0.39, 0.29) is 24.7 Å². The molecule has 0 saturated carbocycles. The van der Waals surface area contributed by atoms with Crippen molar-refractivity contribution in [3.05, 3.63) is 60.4 Å². The van der Waals surface area contributed by atoms with Gasteiger partial charge in [-0.3, -0.25) is 0 Å². The van der Waals surface area contributed by atoms with Crippen molar-refractivity contribution in [2.45, 2.75) is 25.7 Å². The van der Waals surface area contributed by atoms with Crippen LogP contribution < -0.4 is 4.90 Å². The van der Waals surface area contributed by atoms with Crippen molar-refractivity contribution < 1.29 is 22.7 Å². The minimum atomic E-state index is -4.55. The van der Waals surface area contributed by atoms with Gasteiger partial charge in [0.1, 0.15) is 12.6 Å². The minimum absolute atomic E-state index is 0.164. The van der Waals surface area contributed by atoms with Crippen molar-refractivity contribution in [1.29, 1.82) is 0 Å². The fourth-order valence-corrected chi connectivity index (χ4v) is 3.08. The van der Waals surface area contributed by atoms with Gasteiger partial charge in [-0.1, -0.05) is 42.8 Å². The van der Waals surface area contributed by atoms with Crippen LogP contribution in [0.4, 0.5) is 23.9 Å². The lowest BCUT2D eigenvalue weighted by molar-refractivity contribution is -0.0687. The maximum absolute atomic E-state index is 12.8. The van der Waals surface area contributed by atoms with E-state index in [0.717, 1.165) is 18.0 Å². The van der Waals surface area contributed by atoms with Gasteiger partial charge in [0.15, 0.2) is 0 Å². The number of hydrogen-bond donors (Lipinski definition) is 0. The molecule has 162 valence electrons. The van der Waals surface area contributed by atoms with Crippen LogP contribution in [0.25, 0.3) is 5.57 Å². The first-order valence-electron chi connectivity index (χ1n) is 9.52. The highest BCUT2D eigenvalue weighted by atomic mass is 19.4. The average molecular weight is 430 g/mol. The summed E-state index contributed by atoms with van der Waals surface area (Å²) in [4.78, 5) is 23.9. The Kier molecular flexibility index (Phi) is 6.80. The zero-order chi connectivity index (χ0) is 22.4. The number of ether oxygens (including phenoxy) is 1. The fourth-order valence-electron chi connectivity index (χ4n) is 3.08. The smallest absolute Gasteiger partial charge is 0.416 e. The Morgan fingerprint density at radius 2 is 1.90 bits per heavy atom. The first-order valence-corrected chi connectivity index (χ1v) is 9.52. The molecule has 1 aromatic carbocycles. The first kappa shape index (κ1) is 22.2. The van der Waals surface area contributed by atoms with Crippen LogP contribution >= 0.6 is 0 Å². The van der Waals surface area contributed by atoms with Crippen LogP contribution in [0.15, 0.2) is 49.3 Å². The Balaban J connectivity index is 1.66. The molecule has 0 radical (unpaired) electrons. The van der Waals surface area contributed by atoms with Gasteiger partial charge < -0.3 is 14.5 Å². The van der Waals surface area contributed by atoms with Gasteiger partial charge in [-0.15, -0.1) is 5.92 Å². The number of rotatable bonds is 4. The third-order valence-corrected chi connectivity index (χ3v) is 4.74. The number of carbonyl (C=O) groups excluding carboxylic acids is 1. The van der Waals surface area contributed by atoms with Crippen molar-refractivity contribution >= 4 is 17.6 Å². The maximum atomic E-state index is 12.8. The second-order valence-corrected chi connectivity index (χ2v) is 6.84. The summed E-state index contributed by atoms with van der Waals surface area (Å²) < 4.78 is 43.8. The molecule has 2 aromatic rings. The summed E-state index contributed by atoms with van der Waals surface area (Å²) in [7, 11) is 0. The number of hydrogen-bond acceptors (Lipinski definition) is 5. The first-order chi connectivity index (χ1) is 14.8. The van der Waals surface area contributed by atoms with Crippen LogP contribution in [0.5, 0.6) is 0 Å². The van der Waals surface area contributed by atoms with Gasteiger partial charge in [0.25, 0.3) is 0 Å². The number of alkyl halides is 3. The van der Waals surface area contributed by atoms with Gasteiger partial charge >= 0.3 is 12.3 Å². The van der Waals surface area contributed by atoms with E-state index < -0.39 is 23.9 Å². The van der Waals surface area contributed by atoms with E-state index in [1.165, 1.54) is 0 Å². The summed E-state index contributed by atoms with van der Waals surface area (Å²) in [5.74, 6) is 6.06. The molecule has 9 heteroatoms. The molecular weight excluding hydrogens is 409 g/mol. The molecule has 1 fully saturated rings. The van der Waals surface area contributed by atoms with Crippen LogP contribution in [0, 0.1) is 11.8 Å². The quantitative estimate of drug-likeness (QED) is 0.689. The van der Waals surface area contributed by atoms with Crippen molar-refractivity contribution in [2.24, 2.45) is 0 Å². The van der Waals surface area contributed by atoms with Crippen molar-refractivity contribution in [3.63, 3.8) is 0 Å². The van der Waals surface area contributed by atoms with Gasteiger partial charge in [-0.05, 0) is 12.5 Å². The number of carbonyl (C=O) groups is 1. The van der Waals surface area contributed by atoms with E-state index in [1.807, 2.05) is 30.3 Å². The molecule has 0 spiro atoms. The number of benzene rings is 1.